The number of benzene rings is 1. The fourth-order valence-electron chi connectivity index (χ4n) is 1.81. The second kappa shape index (κ2) is 6.85. The first-order valence-electron chi connectivity index (χ1n) is 6.35. The number of amides is 1. The summed E-state index contributed by atoms with van der Waals surface area (Å²) < 4.78 is 31.3. The van der Waals surface area contributed by atoms with Crippen molar-refractivity contribution in [2.75, 3.05) is 7.11 Å². The molecule has 0 bridgehead atoms. The summed E-state index contributed by atoms with van der Waals surface area (Å²) >= 11 is 5.73. The molecule has 0 aliphatic heterocycles. The molecule has 0 saturated heterocycles. The van der Waals surface area contributed by atoms with E-state index in [4.69, 9.17) is 21.4 Å². The van der Waals surface area contributed by atoms with Crippen LogP contribution in [0.5, 0.6) is 5.75 Å². The Hall–Kier alpha value is -2.65. The molecule has 1 aromatic heterocycles. The van der Waals surface area contributed by atoms with Crippen LogP contribution in [0, 0.1) is 0 Å². The lowest BCUT2D eigenvalue weighted by atomic mass is 10.2. The van der Waals surface area contributed by atoms with E-state index in [9.17, 15) is 18.0 Å². The Bertz CT molecular complexity index is 913. The summed E-state index contributed by atoms with van der Waals surface area (Å²) in [6.45, 7) is 0. The SMILES string of the molecule is COc1cc(Cl)nc(C(=O)NS(=O)(=O)c2ccccc2C(=O)O)c1. The predicted octanol–water partition coefficient (Wildman–Crippen LogP) is 1.56. The van der Waals surface area contributed by atoms with E-state index in [1.807, 2.05) is 0 Å². The van der Waals surface area contributed by atoms with Gasteiger partial charge >= 0.3 is 5.97 Å². The molecule has 0 fully saturated rings. The van der Waals surface area contributed by atoms with Crippen molar-refractivity contribution >= 4 is 33.5 Å². The van der Waals surface area contributed by atoms with E-state index >= 15 is 0 Å². The summed E-state index contributed by atoms with van der Waals surface area (Å²) in [5.74, 6) is -2.30. The summed E-state index contributed by atoms with van der Waals surface area (Å²) in [6, 6.07) is 7.43. The van der Waals surface area contributed by atoms with Crippen molar-refractivity contribution in [3.8, 4) is 5.75 Å². The van der Waals surface area contributed by atoms with Crippen LogP contribution < -0.4 is 9.46 Å². The molecule has 0 unspecified atom stereocenters. The van der Waals surface area contributed by atoms with Crippen LogP contribution in [-0.2, 0) is 10.0 Å². The van der Waals surface area contributed by atoms with Gasteiger partial charge in [0, 0.05) is 12.1 Å². The normalized spacial score (nSPS) is 10.9. The number of carboxylic acids is 1. The molecule has 0 spiro atoms. The van der Waals surface area contributed by atoms with Crippen molar-refractivity contribution in [3.05, 3.63) is 52.8 Å². The molecule has 1 aromatic carbocycles. The number of aromatic nitrogens is 1. The van der Waals surface area contributed by atoms with Gasteiger partial charge in [-0.1, -0.05) is 23.7 Å². The molecule has 126 valence electrons. The highest BCUT2D eigenvalue weighted by molar-refractivity contribution is 7.90. The van der Waals surface area contributed by atoms with Crippen LogP contribution in [0.1, 0.15) is 20.8 Å². The van der Waals surface area contributed by atoms with Crippen LogP contribution in [0.4, 0.5) is 0 Å². The van der Waals surface area contributed by atoms with Crippen LogP contribution >= 0.6 is 11.6 Å². The molecule has 0 aliphatic carbocycles. The number of aromatic carboxylic acids is 1. The number of sulfonamides is 1. The van der Waals surface area contributed by atoms with E-state index in [1.54, 1.807) is 4.72 Å². The Morgan fingerprint density at radius 1 is 1.25 bits per heavy atom. The number of carboxylic acid groups (broad SMARTS) is 1. The highest BCUT2D eigenvalue weighted by atomic mass is 35.5. The van der Waals surface area contributed by atoms with Gasteiger partial charge in [0.1, 0.15) is 21.5 Å². The van der Waals surface area contributed by atoms with E-state index in [0.29, 0.717) is 0 Å². The fraction of sp³-hybridized carbons (Fsp3) is 0.0714. The van der Waals surface area contributed by atoms with Crippen LogP contribution in [-0.4, -0.2) is 37.5 Å². The number of pyridine rings is 1. The van der Waals surface area contributed by atoms with E-state index in [-0.39, 0.29) is 16.6 Å². The zero-order chi connectivity index (χ0) is 17.9. The summed E-state index contributed by atoms with van der Waals surface area (Å²) in [6.07, 6.45) is 0. The highest BCUT2D eigenvalue weighted by Crippen LogP contribution is 2.19. The fourth-order valence-corrected chi connectivity index (χ4v) is 3.17. The zero-order valence-corrected chi connectivity index (χ0v) is 13.8. The van der Waals surface area contributed by atoms with E-state index in [0.717, 1.165) is 12.1 Å². The molecule has 2 rings (SSSR count). The second-order valence-electron chi connectivity index (χ2n) is 4.45. The molecular formula is C14H11ClN2O6S. The van der Waals surface area contributed by atoms with Gasteiger partial charge in [-0.2, -0.15) is 0 Å². The Labute approximate surface area is 142 Å². The molecule has 10 heteroatoms. The third kappa shape index (κ3) is 3.81. The topological polar surface area (TPSA) is 123 Å². The number of carbonyl (C=O) groups is 2. The number of hydrogen-bond donors (Lipinski definition) is 2. The number of hydrogen-bond acceptors (Lipinski definition) is 6. The Kier molecular flexibility index (Phi) is 5.05. The maximum Gasteiger partial charge on any atom is 0.337 e. The highest BCUT2D eigenvalue weighted by Gasteiger charge is 2.25. The van der Waals surface area contributed by atoms with Gasteiger partial charge < -0.3 is 9.84 Å². The molecular weight excluding hydrogens is 360 g/mol. The van der Waals surface area contributed by atoms with Crippen molar-refractivity contribution in [2.45, 2.75) is 4.90 Å². The van der Waals surface area contributed by atoms with Gasteiger partial charge in [0.15, 0.2) is 0 Å². The van der Waals surface area contributed by atoms with Gasteiger partial charge in [-0.05, 0) is 12.1 Å². The molecule has 24 heavy (non-hydrogen) atoms. The lowest BCUT2D eigenvalue weighted by molar-refractivity contribution is 0.0692. The summed E-state index contributed by atoms with van der Waals surface area (Å²) in [7, 11) is -3.08. The van der Waals surface area contributed by atoms with Gasteiger partial charge in [-0.3, -0.25) is 4.79 Å². The number of nitrogens with zero attached hydrogens (tertiary/aromatic N) is 1. The Morgan fingerprint density at radius 3 is 2.54 bits per heavy atom. The Morgan fingerprint density at radius 2 is 1.92 bits per heavy atom. The number of rotatable bonds is 5. The van der Waals surface area contributed by atoms with Crippen LogP contribution in [0.15, 0.2) is 41.3 Å². The first kappa shape index (κ1) is 17.7. The maximum absolute atomic E-state index is 12.3. The molecule has 0 saturated carbocycles. The van der Waals surface area contributed by atoms with Crippen molar-refractivity contribution in [2.24, 2.45) is 0 Å². The predicted molar refractivity (Wildman–Crippen MR) is 83.9 cm³/mol. The summed E-state index contributed by atoms with van der Waals surface area (Å²) in [5.41, 5.74) is -0.759. The largest absolute Gasteiger partial charge is 0.497 e. The van der Waals surface area contributed by atoms with E-state index in [1.165, 1.54) is 31.4 Å². The smallest absolute Gasteiger partial charge is 0.337 e. The first-order valence-corrected chi connectivity index (χ1v) is 8.22. The van der Waals surface area contributed by atoms with Gasteiger partial charge in [0.05, 0.1) is 12.7 Å². The van der Waals surface area contributed by atoms with Gasteiger partial charge in [-0.15, -0.1) is 0 Å². The van der Waals surface area contributed by atoms with E-state index in [2.05, 4.69) is 4.98 Å². The number of carbonyl (C=O) groups excluding carboxylic acids is 1. The average Bonchev–Trinajstić information content (AvgIpc) is 2.53. The quantitative estimate of drug-likeness (QED) is 0.765. The third-order valence-corrected chi connectivity index (χ3v) is 4.45. The number of methoxy groups -OCH3 is 1. The number of nitrogens with one attached hydrogen (secondary N) is 1. The molecule has 0 atom stereocenters. The third-order valence-electron chi connectivity index (χ3n) is 2.87. The van der Waals surface area contributed by atoms with Crippen molar-refractivity contribution in [1.29, 1.82) is 0 Å². The van der Waals surface area contributed by atoms with Gasteiger partial charge in [0.25, 0.3) is 15.9 Å². The minimum Gasteiger partial charge on any atom is -0.497 e. The summed E-state index contributed by atoms with van der Waals surface area (Å²) in [5, 5.41) is 8.99. The van der Waals surface area contributed by atoms with Crippen molar-refractivity contribution in [3.63, 3.8) is 0 Å². The molecule has 0 radical (unpaired) electrons. The minimum atomic E-state index is -4.42. The Balaban J connectivity index is 2.38. The molecule has 1 heterocycles. The monoisotopic (exact) mass is 370 g/mol. The van der Waals surface area contributed by atoms with Crippen molar-refractivity contribution in [1.82, 2.24) is 9.71 Å². The van der Waals surface area contributed by atoms with Crippen LogP contribution in [0.2, 0.25) is 5.15 Å². The number of halogens is 1. The average molecular weight is 371 g/mol. The lowest BCUT2D eigenvalue weighted by Crippen LogP contribution is -2.32. The standard InChI is InChI=1S/C14H11ClN2O6S/c1-23-8-6-10(16-12(15)7-8)13(18)17-24(21,22)11-5-3-2-4-9(11)14(19)20/h2-7H,1H3,(H,17,18)(H,19,20). The molecule has 2 aromatic rings. The molecule has 1 amide bonds. The zero-order valence-electron chi connectivity index (χ0n) is 12.2. The minimum absolute atomic E-state index is 0.0668. The van der Waals surface area contributed by atoms with Crippen molar-refractivity contribution < 1.29 is 27.9 Å². The molecule has 2 N–H and O–H groups in total. The van der Waals surface area contributed by atoms with Gasteiger partial charge in [0.2, 0.25) is 0 Å². The lowest BCUT2D eigenvalue weighted by Gasteiger charge is -2.09. The van der Waals surface area contributed by atoms with Crippen LogP contribution in [0.3, 0.4) is 0 Å². The molecule has 0 aliphatic rings. The summed E-state index contributed by atoms with van der Waals surface area (Å²) in [4.78, 5) is 26.4. The maximum atomic E-state index is 12.3. The first-order chi connectivity index (χ1) is 11.2. The number of ether oxygens (including phenoxy) is 1. The van der Waals surface area contributed by atoms with Gasteiger partial charge in [-0.25, -0.2) is 22.9 Å². The van der Waals surface area contributed by atoms with E-state index < -0.39 is 32.4 Å². The second-order valence-corrected chi connectivity index (χ2v) is 6.49. The van der Waals surface area contributed by atoms with Crippen LogP contribution in [0.25, 0.3) is 0 Å². The molecule has 8 nitrogen and oxygen atoms in total.